The van der Waals surface area contributed by atoms with Crippen LogP contribution in [0.25, 0.3) is 5.69 Å². The Morgan fingerprint density at radius 2 is 1.67 bits per heavy atom. The Morgan fingerprint density at radius 3 is 2.29 bits per heavy atom. The smallest absolute Gasteiger partial charge is 0.227 e. The topological polar surface area (TPSA) is 44.1 Å². The van der Waals surface area contributed by atoms with Crippen molar-refractivity contribution in [2.24, 2.45) is 0 Å². The number of hydrogen-bond acceptors (Lipinski definition) is 3. The van der Waals surface area contributed by atoms with Crippen LogP contribution in [-0.4, -0.2) is 22.7 Å². The molecule has 0 amide bonds. The van der Waals surface area contributed by atoms with Gasteiger partial charge in [0.15, 0.2) is 5.78 Å². The Morgan fingerprint density at radius 1 is 1.04 bits per heavy atom. The number of methoxy groups -OCH3 is 1. The largest absolute Gasteiger partial charge is 0.480 e. The number of rotatable bonds is 6. The first-order valence-electron chi connectivity index (χ1n) is 7.97. The summed E-state index contributed by atoms with van der Waals surface area (Å²) < 4.78 is 7.19. The number of aryl methyl sites for hydroxylation is 2. The molecule has 0 saturated heterocycles. The fraction of sp³-hybridized carbons (Fsp3) is 0.200. The van der Waals surface area contributed by atoms with Crippen molar-refractivity contribution >= 4 is 5.78 Å². The van der Waals surface area contributed by atoms with Crippen molar-refractivity contribution in [2.45, 2.75) is 19.8 Å². The van der Waals surface area contributed by atoms with Crippen molar-refractivity contribution in [3.8, 4) is 11.6 Å². The van der Waals surface area contributed by atoms with E-state index in [1.807, 2.05) is 67.6 Å². The number of hydrogen-bond donors (Lipinski definition) is 0. The van der Waals surface area contributed by atoms with Crippen LogP contribution in [0.1, 0.15) is 28.0 Å². The minimum Gasteiger partial charge on any atom is -0.480 e. The molecule has 0 saturated carbocycles. The lowest BCUT2D eigenvalue weighted by atomic mass is 10.0. The van der Waals surface area contributed by atoms with Crippen molar-refractivity contribution < 1.29 is 9.53 Å². The van der Waals surface area contributed by atoms with Crippen LogP contribution in [0.2, 0.25) is 0 Å². The van der Waals surface area contributed by atoms with Crippen molar-refractivity contribution in [1.29, 1.82) is 0 Å². The molecule has 0 radical (unpaired) electrons. The first kappa shape index (κ1) is 16.0. The molecule has 4 heteroatoms. The van der Waals surface area contributed by atoms with E-state index in [9.17, 15) is 4.79 Å². The number of para-hydroxylation sites is 1. The maximum Gasteiger partial charge on any atom is 0.227 e. The molecule has 3 rings (SSSR count). The summed E-state index contributed by atoms with van der Waals surface area (Å²) in [5.41, 5.74) is 3.28. The Balaban J connectivity index is 1.87. The highest BCUT2D eigenvalue weighted by Gasteiger charge is 2.22. The maximum atomic E-state index is 12.7. The molecule has 0 unspecified atom stereocenters. The van der Waals surface area contributed by atoms with Crippen molar-refractivity contribution in [2.75, 3.05) is 7.11 Å². The predicted octanol–water partition coefficient (Wildman–Crippen LogP) is 4.00. The Bertz CT molecular complexity index is 824. The number of nitrogens with zero attached hydrogens (tertiary/aromatic N) is 2. The number of aromatic nitrogens is 2. The summed E-state index contributed by atoms with van der Waals surface area (Å²) in [5.74, 6) is 0.548. The van der Waals surface area contributed by atoms with Crippen LogP contribution in [0, 0.1) is 6.92 Å². The molecule has 0 fully saturated rings. The van der Waals surface area contributed by atoms with E-state index >= 15 is 0 Å². The number of carbonyl (C=O) groups is 1. The first-order chi connectivity index (χ1) is 11.7. The van der Waals surface area contributed by atoms with Gasteiger partial charge < -0.3 is 4.74 Å². The molecule has 2 aromatic carbocycles. The third kappa shape index (κ3) is 3.23. The zero-order chi connectivity index (χ0) is 16.9. The molecular formula is C20H20N2O2. The van der Waals surface area contributed by atoms with Crippen LogP contribution in [0.5, 0.6) is 5.88 Å². The highest BCUT2D eigenvalue weighted by atomic mass is 16.5. The van der Waals surface area contributed by atoms with E-state index in [1.54, 1.807) is 11.8 Å². The zero-order valence-corrected chi connectivity index (χ0v) is 13.9. The minimum absolute atomic E-state index is 0.0513. The zero-order valence-electron chi connectivity index (χ0n) is 13.9. The third-order valence-corrected chi connectivity index (χ3v) is 3.97. The number of carbonyl (C=O) groups excluding carboxylic acids is 1. The lowest BCUT2D eigenvalue weighted by Gasteiger charge is -2.07. The molecule has 0 spiro atoms. The molecule has 1 aromatic heterocycles. The monoisotopic (exact) mass is 320 g/mol. The van der Waals surface area contributed by atoms with Gasteiger partial charge in [0, 0.05) is 6.42 Å². The number of ketones is 1. The Hall–Kier alpha value is -2.88. The van der Waals surface area contributed by atoms with E-state index in [-0.39, 0.29) is 5.78 Å². The fourth-order valence-electron chi connectivity index (χ4n) is 2.79. The number of ether oxygens (including phenoxy) is 1. The van der Waals surface area contributed by atoms with E-state index in [0.29, 0.717) is 30.0 Å². The molecule has 0 aliphatic heterocycles. The van der Waals surface area contributed by atoms with Crippen LogP contribution in [0.15, 0.2) is 60.7 Å². The molecule has 0 atom stereocenters. The van der Waals surface area contributed by atoms with Gasteiger partial charge in [0.05, 0.1) is 18.5 Å². The normalized spacial score (nSPS) is 10.6. The summed E-state index contributed by atoms with van der Waals surface area (Å²) >= 11 is 0. The average Bonchev–Trinajstić information content (AvgIpc) is 2.97. The lowest BCUT2D eigenvalue weighted by Crippen LogP contribution is -2.05. The lowest BCUT2D eigenvalue weighted by molar-refractivity contribution is 0.0979. The van der Waals surface area contributed by atoms with Crippen LogP contribution in [0.4, 0.5) is 0 Å². The van der Waals surface area contributed by atoms with E-state index in [1.165, 1.54) is 0 Å². The fourth-order valence-corrected chi connectivity index (χ4v) is 2.79. The highest BCUT2D eigenvalue weighted by molar-refractivity contribution is 5.99. The standard InChI is InChI=1S/C20H20N2O2/c1-15-19(18(23)14-13-16-9-5-3-6-10-16)20(24-2)22(21-15)17-11-7-4-8-12-17/h3-12H,13-14H2,1-2H3. The molecular weight excluding hydrogens is 300 g/mol. The van der Waals surface area contributed by atoms with Gasteiger partial charge in [0.2, 0.25) is 5.88 Å². The second-order valence-corrected chi connectivity index (χ2v) is 5.63. The quantitative estimate of drug-likeness (QED) is 0.645. The Labute approximate surface area is 141 Å². The van der Waals surface area contributed by atoms with Crippen LogP contribution in [-0.2, 0) is 6.42 Å². The summed E-state index contributed by atoms with van der Waals surface area (Å²) in [5, 5.41) is 4.50. The summed E-state index contributed by atoms with van der Waals surface area (Å²) in [6.07, 6.45) is 1.14. The van der Waals surface area contributed by atoms with Gasteiger partial charge in [-0.2, -0.15) is 5.10 Å². The highest BCUT2D eigenvalue weighted by Crippen LogP contribution is 2.27. The molecule has 24 heavy (non-hydrogen) atoms. The maximum absolute atomic E-state index is 12.7. The number of Topliss-reactive ketones (excluding diaryl/α,β-unsaturated/α-hetero) is 1. The molecule has 3 aromatic rings. The van der Waals surface area contributed by atoms with Crippen LogP contribution in [0.3, 0.4) is 0 Å². The van der Waals surface area contributed by atoms with E-state index in [0.717, 1.165) is 11.3 Å². The number of benzene rings is 2. The molecule has 0 N–H and O–H groups in total. The summed E-state index contributed by atoms with van der Waals surface area (Å²) in [6, 6.07) is 19.7. The van der Waals surface area contributed by atoms with Crippen molar-refractivity contribution in [1.82, 2.24) is 9.78 Å². The molecule has 0 aliphatic rings. The van der Waals surface area contributed by atoms with Gasteiger partial charge >= 0.3 is 0 Å². The van der Waals surface area contributed by atoms with Crippen LogP contribution >= 0.6 is 0 Å². The Kier molecular flexibility index (Phi) is 4.75. The van der Waals surface area contributed by atoms with Gasteiger partial charge in [-0.1, -0.05) is 48.5 Å². The predicted molar refractivity (Wildman–Crippen MR) is 93.9 cm³/mol. The third-order valence-electron chi connectivity index (χ3n) is 3.97. The van der Waals surface area contributed by atoms with Gasteiger partial charge in [-0.25, -0.2) is 4.68 Å². The second kappa shape index (κ2) is 7.13. The van der Waals surface area contributed by atoms with E-state index < -0.39 is 0 Å². The van der Waals surface area contributed by atoms with Crippen LogP contribution < -0.4 is 4.74 Å². The molecule has 0 bridgehead atoms. The average molecular weight is 320 g/mol. The van der Waals surface area contributed by atoms with Gasteiger partial charge in [0.1, 0.15) is 5.56 Å². The van der Waals surface area contributed by atoms with E-state index in [4.69, 9.17) is 4.74 Å². The first-order valence-corrected chi connectivity index (χ1v) is 7.97. The second-order valence-electron chi connectivity index (χ2n) is 5.63. The summed E-state index contributed by atoms with van der Waals surface area (Å²) in [7, 11) is 1.57. The van der Waals surface area contributed by atoms with Gasteiger partial charge in [-0.3, -0.25) is 4.79 Å². The van der Waals surface area contributed by atoms with Gasteiger partial charge in [-0.05, 0) is 31.0 Å². The SMILES string of the molecule is COc1c(C(=O)CCc2ccccc2)c(C)nn1-c1ccccc1. The summed E-state index contributed by atoms with van der Waals surface area (Å²) in [4.78, 5) is 12.7. The van der Waals surface area contributed by atoms with Gasteiger partial charge in [-0.15, -0.1) is 0 Å². The van der Waals surface area contributed by atoms with Crippen molar-refractivity contribution in [3.63, 3.8) is 0 Å². The summed E-state index contributed by atoms with van der Waals surface area (Å²) in [6.45, 7) is 1.84. The minimum atomic E-state index is 0.0513. The molecule has 4 nitrogen and oxygen atoms in total. The van der Waals surface area contributed by atoms with Gasteiger partial charge in [0.25, 0.3) is 0 Å². The van der Waals surface area contributed by atoms with E-state index in [2.05, 4.69) is 5.10 Å². The molecule has 0 aliphatic carbocycles. The van der Waals surface area contributed by atoms with Crippen molar-refractivity contribution in [3.05, 3.63) is 77.5 Å². The molecule has 1 heterocycles. The molecule has 122 valence electrons.